The number of guanidine groups is 1. The minimum absolute atomic E-state index is 0. The summed E-state index contributed by atoms with van der Waals surface area (Å²) in [7, 11) is 1.79. The predicted octanol–water partition coefficient (Wildman–Crippen LogP) is 2.69. The summed E-state index contributed by atoms with van der Waals surface area (Å²) in [6, 6.07) is 8.48. The molecule has 0 aliphatic rings. The molecule has 0 radical (unpaired) electrons. The second-order valence-electron chi connectivity index (χ2n) is 3.84. The van der Waals surface area contributed by atoms with Crippen LogP contribution in [0.5, 0.6) is 0 Å². The van der Waals surface area contributed by atoms with Crippen LogP contribution in [0.4, 0.5) is 0 Å². The Morgan fingerprint density at radius 3 is 2.65 bits per heavy atom. The van der Waals surface area contributed by atoms with Crippen LogP contribution in [0.15, 0.2) is 29.3 Å². The molecule has 3 nitrogen and oxygen atoms in total. The van der Waals surface area contributed by atoms with Crippen LogP contribution in [0.3, 0.4) is 0 Å². The molecule has 1 aromatic rings. The van der Waals surface area contributed by atoms with Gasteiger partial charge in [-0.3, -0.25) is 4.99 Å². The number of nitrogens with one attached hydrogen (secondary N) is 2. The first-order valence-electron chi connectivity index (χ1n) is 5.76. The van der Waals surface area contributed by atoms with Gasteiger partial charge in [-0.25, -0.2) is 0 Å². The van der Waals surface area contributed by atoms with E-state index in [9.17, 15) is 0 Å². The summed E-state index contributed by atoms with van der Waals surface area (Å²) in [5, 5.41) is 6.53. The topological polar surface area (TPSA) is 36.4 Å². The lowest BCUT2D eigenvalue weighted by Gasteiger charge is -2.11. The molecule has 0 aromatic heterocycles. The van der Waals surface area contributed by atoms with E-state index >= 15 is 0 Å². The lowest BCUT2D eigenvalue weighted by molar-refractivity contribution is 0.781. The van der Waals surface area contributed by atoms with Crippen molar-refractivity contribution in [3.8, 4) is 0 Å². The molecule has 0 saturated heterocycles. The zero-order valence-electron chi connectivity index (χ0n) is 10.8. The van der Waals surface area contributed by atoms with Gasteiger partial charge in [0.25, 0.3) is 0 Å². The molecule has 4 heteroatoms. The molecule has 0 atom stereocenters. The van der Waals surface area contributed by atoms with Gasteiger partial charge in [0.1, 0.15) is 0 Å². The van der Waals surface area contributed by atoms with Crippen LogP contribution in [-0.2, 0) is 6.54 Å². The highest BCUT2D eigenvalue weighted by Gasteiger charge is 1.97. The van der Waals surface area contributed by atoms with Crippen molar-refractivity contribution in [1.82, 2.24) is 10.6 Å². The molecule has 0 fully saturated rings. The molecule has 0 saturated carbocycles. The average Bonchev–Trinajstić information content (AvgIpc) is 2.29. The minimum atomic E-state index is 0. The Labute approximate surface area is 121 Å². The van der Waals surface area contributed by atoms with Gasteiger partial charge in [-0.2, -0.15) is 0 Å². The highest BCUT2D eigenvalue weighted by Crippen LogP contribution is 2.02. The summed E-state index contributed by atoms with van der Waals surface area (Å²) in [5.74, 6) is 0.864. The van der Waals surface area contributed by atoms with E-state index in [1.54, 1.807) is 7.05 Å². The molecule has 0 bridgehead atoms. The number of rotatable bonds is 4. The molecule has 0 aliphatic carbocycles. The van der Waals surface area contributed by atoms with Crippen molar-refractivity contribution in [2.24, 2.45) is 4.99 Å². The van der Waals surface area contributed by atoms with Crippen LogP contribution in [0.2, 0.25) is 0 Å². The number of hydrogen-bond donors (Lipinski definition) is 2. The van der Waals surface area contributed by atoms with Crippen LogP contribution in [-0.4, -0.2) is 19.6 Å². The molecular weight excluding hydrogens is 325 g/mol. The van der Waals surface area contributed by atoms with E-state index in [1.807, 2.05) is 0 Å². The van der Waals surface area contributed by atoms with E-state index < -0.39 is 0 Å². The normalized spacial score (nSPS) is 10.6. The SMILES string of the molecule is CCCNC(=NC)NCc1cccc(C)c1.I. The fourth-order valence-electron chi connectivity index (χ4n) is 1.47. The van der Waals surface area contributed by atoms with E-state index in [0.29, 0.717) is 0 Å². The minimum Gasteiger partial charge on any atom is -0.356 e. The second-order valence-corrected chi connectivity index (χ2v) is 3.84. The Morgan fingerprint density at radius 1 is 1.29 bits per heavy atom. The van der Waals surface area contributed by atoms with E-state index in [0.717, 1.165) is 25.5 Å². The van der Waals surface area contributed by atoms with Crippen molar-refractivity contribution < 1.29 is 0 Å². The molecule has 2 N–H and O–H groups in total. The summed E-state index contributed by atoms with van der Waals surface area (Å²) < 4.78 is 0. The van der Waals surface area contributed by atoms with E-state index in [-0.39, 0.29) is 24.0 Å². The van der Waals surface area contributed by atoms with E-state index in [1.165, 1.54) is 11.1 Å². The molecule has 0 amide bonds. The van der Waals surface area contributed by atoms with Crippen molar-refractivity contribution >= 4 is 29.9 Å². The average molecular weight is 347 g/mol. The number of halogens is 1. The van der Waals surface area contributed by atoms with Crippen molar-refractivity contribution in [2.45, 2.75) is 26.8 Å². The Balaban J connectivity index is 0.00000256. The fourth-order valence-corrected chi connectivity index (χ4v) is 1.47. The van der Waals surface area contributed by atoms with Gasteiger partial charge >= 0.3 is 0 Å². The lowest BCUT2D eigenvalue weighted by Crippen LogP contribution is -2.37. The van der Waals surface area contributed by atoms with Gasteiger partial charge in [-0.1, -0.05) is 36.8 Å². The summed E-state index contributed by atoms with van der Waals surface area (Å²) in [4.78, 5) is 4.16. The molecule has 0 unspecified atom stereocenters. The lowest BCUT2D eigenvalue weighted by atomic mass is 10.1. The van der Waals surface area contributed by atoms with Crippen molar-refractivity contribution in [2.75, 3.05) is 13.6 Å². The zero-order valence-corrected chi connectivity index (χ0v) is 13.1. The molecule has 0 aliphatic heterocycles. The maximum atomic E-state index is 4.16. The maximum absolute atomic E-state index is 4.16. The number of nitrogens with zero attached hydrogens (tertiary/aromatic N) is 1. The van der Waals surface area contributed by atoms with E-state index in [4.69, 9.17) is 0 Å². The smallest absolute Gasteiger partial charge is 0.191 e. The van der Waals surface area contributed by atoms with Gasteiger partial charge in [0.2, 0.25) is 0 Å². The molecule has 96 valence electrons. The monoisotopic (exact) mass is 347 g/mol. The fraction of sp³-hybridized carbons (Fsp3) is 0.462. The van der Waals surface area contributed by atoms with Crippen LogP contribution < -0.4 is 10.6 Å². The zero-order chi connectivity index (χ0) is 11.8. The van der Waals surface area contributed by atoms with E-state index in [2.05, 4.69) is 53.7 Å². The summed E-state index contributed by atoms with van der Waals surface area (Å²) in [6.45, 7) is 6.01. The summed E-state index contributed by atoms with van der Waals surface area (Å²) in [6.07, 6.45) is 1.10. The van der Waals surface area contributed by atoms with Crippen molar-refractivity contribution in [3.05, 3.63) is 35.4 Å². The first-order chi connectivity index (χ1) is 7.76. The quantitative estimate of drug-likeness (QED) is 0.499. The second kappa shape index (κ2) is 9.27. The standard InChI is InChI=1S/C13H21N3.HI/c1-4-8-15-13(14-3)16-10-12-7-5-6-11(2)9-12;/h5-7,9H,4,8,10H2,1-3H3,(H2,14,15,16);1H. The molecule has 0 heterocycles. The van der Waals surface area contributed by atoms with Crippen LogP contribution in [0, 0.1) is 6.92 Å². The van der Waals surface area contributed by atoms with Gasteiger partial charge in [0.05, 0.1) is 0 Å². The Kier molecular flexibility index (Phi) is 8.85. The molecular formula is C13H22IN3. The predicted molar refractivity (Wildman–Crippen MR) is 85.1 cm³/mol. The highest BCUT2D eigenvalue weighted by molar-refractivity contribution is 14.0. The van der Waals surface area contributed by atoms with Gasteiger partial charge in [-0.15, -0.1) is 24.0 Å². The van der Waals surface area contributed by atoms with Crippen LogP contribution in [0.1, 0.15) is 24.5 Å². The first-order valence-corrected chi connectivity index (χ1v) is 5.76. The van der Waals surface area contributed by atoms with Crippen molar-refractivity contribution in [1.29, 1.82) is 0 Å². The molecule has 17 heavy (non-hydrogen) atoms. The summed E-state index contributed by atoms with van der Waals surface area (Å²) >= 11 is 0. The van der Waals surface area contributed by atoms with Crippen LogP contribution in [0.25, 0.3) is 0 Å². The third-order valence-corrected chi connectivity index (χ3v) is 2.31. The maximum Gasteiger partial charge on any atom is 0.191 e. The first kappa shape index (κ1) is 16.2. The Bertz CT molecular complexity index is 350. The Hall–Kier alpha value is -0.780. The third kappa shape index (κ3) is 6.51. The van der Waals surface area contributed by atoms with Crippen molar-refractivity contribution in [3.63, 3.8) is 0 Å². The number of aryl methyl sites for hydroxylation is 1. The van der Waals surface area contributed by atoms with Gasteiger partial charge in [-0.05, 0) is 18.9 Å². The Morgan fingerprint density at radius 2 is 2.06 bits per heavy atom. The highest BCUT2D eigenvalue weighted by atomic mass is 127. The molecule has 0 spiro atoms. The third-order valence-electron chi connectivity index (χ3n) is 2.31. The van der Waals surface area contributed by atoms with Gasteiger partial charge in [0, 0.05) is 20.1 Å². The number of hydrogen-bond acceptors (Lipinski definition) is 1. The molecule has 1 rings (SSSR count). The number of benzene rings is 1. The van der Waals surface area contributed by atoms with Gasteiger partial charge < -0.3 is 10.6 Å². The van der Waals surface area contributed by atoms with Crippen LogP contribution >= 0.6 is 24.0 Å². The summed E-state index contributed by atoms with van der Waals surface area (Å²) in [5.41, 5.74) is 2.57. The van der Waals surface area contributed by atoms with Gasteiger partial charge in [0.15, 0.2) is 5.96 Å². The number of aliphatic imine (C=N–C) groups is 1. The molecule has 1 aromatic carbocycles. The largest absolute Gasteiger partial charge is 0.356 e.